The van der Waals surface area contributed by atoms with Crippen molar-refractivity contribution in [2.75, 3.05) is 13.7 Å². The molecule has 0 bridgehead atoms. The number of carbonyl (C=O) groups excluding carboxylic acids is 1. The van der Waals surface area contributed by atoms with Gasteiger partial charge in [-0.2, -0.15) is 0 Å². The maximum absolute atomic E-state index is 12.2. The summed E-state index contributed by atoms with van der Waals surface area (Å²) < 4.78 is 31.2. The predicted octanol–water partition coefficient (Wildman–Crippen LogP) is 3.10. The molecule has 0 aliphatic carbocycles. The molecule has 0 unspecified atom stereocenters. The summed E-state index contributed by atoms with van der Waals surface area (Å²) in [7, 11) is -1.92. The summed E-state index contributed by atoms with van der Waals surface area (Å²) in [6.45, 7) is 0.240. The van der Waals surface area contributed by atoms with E-state index in [1.807, 2.05) is 54.6 Å². The molecule has 2 N–H and O–H groups in total. The number of hydrogen-bond donors (Lipinski definition) is 2. The number of para-hydroxylation sites is 1. The Bertz CT molecular complexity index is 1080. The fourth-order valence-corrected chi connectivity index (χ4v) is 3.66. The number of benzene rings is 3. The van der Waals surface area contributed by atoms with Crippen LogP contribution in [0.15, 0.2) is 78.9 Å². The number of carbonyl (C=O) groups is 1. The number of hydrogen-bond acceptors (Lipinski definition) is 4. The Balaban J connectivity index is 1.53. The first-order valence-electron chi connectivity index (χ1n) is 9.50. The minimum atomic E-state index is -3.30. The summed E-state index contributed by atoms with van der Waals surface area (Å²) in [6, 6.07) is 24.5. The van der Waals surface area contributed by atoms with Crippen molar-refractivity contribution in [3.63, 3.8) is 0 Å². The fourth-order valence-electron chi connectivity index (χ4n) is 2.89. The van der Waals surface area contributed by atoms with E-state index in [-0.39, 0.29) is 18.3 Å². The molecule has 3 aromatic carbocycles. The number of sulfonamides is 1. The predicted molar refractivity (Wildman–Crippen MR) is 117 cm³/mol. The van der Waals surface area contributed by atoms with E-state index >= 15 is 0 Å². The Labute approximate surface area is 177 Å². The molecule has 7 heteroatoms. The van der Waals surface area contributed by atoms with Gasteiger partial charge in [-0.05, 0) is 29.8 Å². The van der Waals surface area contributed by atoms with Crippen LogP contribution in [0.5, 0.6) is 5.75 Å². The average Bonchev–Trinajstić information content (AvgIpc) is 2.78. The second-order valence-electron chi connectivity index (χ2n) is 6.71. The van der Waals surface area contributed by atoms with Gasteiger partial charge in [0.05, 0.1) is 5.75 Å². The van der Waals surface area contributed by atoms with Gasteiger partial charge in [0, 0.05) is 12.1 Å². The molecule has 30 heavy (non-hydrogen) atoms. The summed E-state index contributed by atoms with van der Waals surface area (Å²) in [6.07, 6.45) is 0. The van der Waals surface area contributed by atoms with Gasteiger partial charge in [-0.25, -0.2) is 13.1 Å². The molecule has 0 aromatic heterocycles. The molecule has 1 amide bonds. The lowest BCUT2D eigenvalue weighted by Crippen LogP contribution is -2.28. The molecular formula is C23H24N2O4S. The van der Waals surface area contributed by atoms with E-state index in [2.05, 4.69) is 10.0 Å². The lowest BCUT2D eigenvalue weighted by molar-refractivity contribution is -0.123. The molecule has 0 saturated heterocycles. The molecule has 3 rings (SSSR count). The zero-order valence-corrected chi connectivity index (χ0v) is 17.5. The minimum Gasteiger partial charge on any atom is -0.483 e. The first kappa shape index (κ1) is 21.5. The van der Waals surface area contributed by atoms with Crippen molar-refractivity contribution in [1.82, 2.24) is 10.0 Å². The number of nitrogens with one attached hydrogen (secondary N) is 2. The van der Waals surface area contributed by atoms with Gasteiger partial charge in [-0.3, -0.25) is 4.79 Å². The molecule has 0 fully saturated rings. The Kier molecular flexibility index (Phi) is 7.21. The van der Waals surface area contributed by atoms with Crippen LogP contribution in [0.2, 0.25) is 0 Å². The third-order valence-corrected chi connectivity index (χ3v) is 5.85. The minimum absolute atomic E-state index is 0.0786. The lowest BCUT2D eigenvalue weighted by Gasteiger charge is -2.12. The highest BCUT2D eigenvalue weighted by molar-refractivity contribution is 7.88. The van der Waals surface area contributed by atoms with Crippen molar-refractivity contribution in [2.24, 2.45) is 0 Å². The van der Waals surface area contributed by atoms with E-state index in [4.69, 9.17) is 4.74 Å². The van der Waals surface area contributed by atoms with Crippen molar-refractivity contribution in [3.05, 3.63) is 90.0 Å². The van der Waals surface area contributed by atoms with Gasteiger partial charge in [-0.1, -0.05) is 72.8 Å². The van der Waals surface area contributed by atoms with Crippen molar-refractivity contribution in [2.45, 2.75) is 12.3 Å². The SMILES string of the molecule is CNS(=O)(=O)Cc1ccc(CNC(=O)COc2ccccc2-c2ccccc2)cc1. The van der Waals surface area contributed by atoms with Crippen LogP contribution < -0.4 is 14.8 Å². The Morgan fingerprint density at radius 3 is 2.20 bits per heavy atom. The summed E-state index contributed by atoms with van der Waals surface area (Å²) in [5.41, 5.74) is 3.51. The first-order chi connectivity index (χ1) is 14.5. The van der Waals surface area contributed by atoms with E-state index in [0.717, 1.165) is 16.7 Å². The van der Waals surface area contributed by atoms with Gasteiger partial charge in [-0.15, -0.1) is 0 Å². The highest BCUT2D eigenvalue weighted by Gasteiger charge is 2.10. The summed E-state index contributed by atoms with van der Waals surface area (Å²) in [4.78, 5) is 12.2. The van der Waals surface area contributed by atoms with Crippen LogP contribution in [-0.4, -0.2) is 28.0 Å². The highest BCUT2D eigenvalue weighted by Crippen LogP contribution is 2.29. The smallest absolute Gasteiger partial charge is 0.258 e. The molecule has 6 nitrogen and oxygen atoms in total. The Hall–Kier alpha value is -3.16. The summed E-state index contributed by atoms with van der Waals surface area (Å²) >= 11 is 0. The van der Waals surface area contributed by atoms with E-state index in [1.165, 1.54) is 7.05 Å². The Morgan fingerprint density at radius 2 is 1.50 bits per heavy atom. The van der Waals surface area contributed by atoms with Gasteiger partial charge in [0.15, 0.2) is 6.61 Å². The van der Waals surface area contributed by atoms with Gasteiger partial charge < -0.3 is 10.1 Å². The molecule has 0 saturated carbocycles. The molecule has 156 valence electrons. The standard InChI is InChI=1S/C23H24N2O4S/c1-24-30(27,28)17-19-13-11-18(12-14-19)15-25-23(26)16-29-22-10-6-5-9-21(22)20-7-3-2-4-8-20/h2-14,24H,15-17H2,1H3,(H,25,26). The molecule has 0 aliphatic heterocycles. The number of rotatable bonds is 9. The molecule has 3 aromatic rings. The lowest BCUT2D eigenvalue weighted by atomic mass is 10.1. The zero-order chi connectivity index (χ0) is 21.4. The fraction of sp³-hybridized carbons (Fsp3) is 0.174. The average molecular weight is 425 g/mol. The van der Waals surface area contributed by atoms with Crippen LogP contribution in [-0.2, 0) is 27.1 Å². The molecular weight excluding hydrogens is 400 g/mol. The number of ether oxygens (including phenoxy) is 1. The van der Waals surface area contributed by atoms with E-state index in [1.54, 1.807) is 24.3 Å². The topological polar surface area (TPSA) is 84.5 Å². The van der Waals surface area contributed by atoms with Crippen LogP contribution in [0, 0.1) is 0 Å². The van der Waals surface area contributed by atoms with E-state index in [9.17, 15) is 13.2 Å². The van der Waals surface area contributed by atoms with Crippen LogP contribution in [0.4, 0.5) is 0 Å². The van der Waals surface area contributed by atoms with E-state index in [0.29, 0.717) is 17.9 Å². The second kappa shape index (κ2) is 10.0. The quantitative estimate of drug-likeness (QED) is 0.553. The van der Waals surface area contributed by atoms with Crippen LogP contribution in [0.25, 0.3) is 11.1 Å². The van der Waals surface area contributed by atoms with E-state index < -0.39 is 10.0 Å². The molecule has 0 aliphatic rings. The van der Waals surface area contributed by atoms with Gasteiger partial charge >= 0.3 is 0 Å². The number of amides is 1. The van der Waals surface area contributed by atoms with Crippen molar-refractivity contribution < 1.29 is 17.9 Å². The molecule has 0 spiro atoms. The van der Waals surface area contributed by atoms with Gasteiger partial charge in [0.2, 0.25) is 10.0 Å². The van der Waals surface area contributed by atoms with Crippen molar-refractivity contribution >= 4 is 15.9 Å². The van der Waals surface area contributed by atoms with Crippen molar-refractivity contribution in [1.29, 1.82) is 0 Å². The maximum atomic E-state index is 12.2. The van der Waals surface area contributed by atoms with Crippen LogP contribution in [0.1, 0.15) is 11.1 Å². The van der Waals surface area contributed by atoms with Crippen LogP contribution >= 0.6 is 0 Å². The maximum Gasteiger partial charge on any atom is 0.258 e. The first-order valence-corrected chi connectivity index (χ1v) is 11.1. The van der Waals surface area contributed by atoms with Crippen LogP contribution in [0.3, 0.4) is 0 Å². The summed E-state index contributed by atoms with van der Waals surface area (Å²) in [5.74, 6) is 0.332. The second-order valence-corrected chi connectivity index (χ2v) is 8.63. The monoisotopic (exact) mass is 424 g/mol. The molecule has 0 radical (unpaired) electrons. The summed E-state index contributed by atoms with van der Waals surface area (Å²) in [5, 5.41) is 2.81. The zero-order valence-electron chi connectivity index (χ0n) is 16.7. The Morgan fingerprint density at radius 1 is 0.867 bits per heavy atom. The third-order valence-electron chi connectivity index (χ3n) is 4.51. The van der Waals surface area contributed by atoms with Gasteiger partial charge in [0.1, 0.15) is 5.75 Å². The molecule has 0 atom stereocenters. The third kappa shape index (κ3) is 6.17. The normalized spacial score (nSPS) is 11.1. The molecule has 0 heterocycles. The largest absolute Gasteiger partial charge is 0.483 e. The highest BCUT2D eigenvalue weighted by atomic mass is 32.2. The van der Waals surface area contributed by atoms with Crippen molar-refractivity contribution in [3.8, 4) is 16.9 Å². The van der Waals surface area contributed by atoms with Gasteiger partial charge in [0.25, 0.3) is 5.91 Å².